The summed E-state index contributed by atoms with van der Waals surface area (Å²) in [6.07, 6.45) is 1.29. The van der Waals surface area contributed by atoms with Crippen LogP contribution in [-0.4, -0.2) is 34.3 Å². The minimum atomic E-state index is -0.786. The second-order valence-corrected chi connectivity index (χ2v) is 5.20. The van der Waals surface area contributed by atoms with Crippen LogP contribution in [0.1, 0.15) is 47.5 Å². The Hall–Kier alpha value is -1.06. The van der Waals surface area contributed by atoms with E-state index in [1.807, 2.05) is 18.7 Å². The molecule has 2 amide bonds. The molecule has 0 bridgehead atoms. The topological polar surface area (TPSA) is 49.4 Å². The van der Waals surface area contributed by atoms with Gasteiger partial charge in [-0.25, -0.2) is 0 Å². The van der Waals surface area contributed by atoms with Gasteiger partial charge in [-0.15, -0.1) is 0 Å². The quantitative estimate of drug-likeness (QED) is 0.771. The van der Waals surface area contributed by atoms with E-state index in [2.05, 4.69) is 12.2 Å². The summed E-state index contributed by atoms with van der Waals surface area (Å²) in [4.78, 5) is 25.8. The molecular weight excluding hydrogens is 204 g/mol. The predicted octanol–water partition coefficient (Wildman–Crippen LogP) is 1.30. The van der Waals surface area contributed by atoms with Gasteiger partial charge in [0.1, 0.15) is 5.54 Å². The largest absolute Gasteiger partial charge is 0.342 e. The fourth-order valence-electron chi connectivity index (χ4n) is 2.17. The third-order valence-corrected chi connectivity index (χ3v) is 3.24. The highest BCUT2D eigenvalue weighted by Gasteiger charge is 2.40. The molecule has 0 aromatic heterocycles. The Bertz CT molecular complexity index is 299. The lowest BCUT2D eigenvalue weighted by Gasteiger charge is -2.36. The van der Waals surface area contributed by atoms with Gasteiger partial charge in [-0.3, -0.25) is 9.59 Å². The van der Waals surface area contributed by atoms with Crippen LogP contribution in [0, 0.1) is 0 Å². The van der Waals surface area contributed by atoms with Crippen LogP contribution >= 0.6 is 0 Å². The van der Waals surface area contributed by atoms with Crippen molar-refractivity contribution in [2.24, 2.45) is 0 Å². The smallest absolute Gasteiger partial charge is 0.248 e. The van der Waals surface area contributed by atoms with Gasteiger partial charge in [0, 0.05) is 18.5 Å². The molecule has 1 aliphatic rings. The lowest BCUT2D eigenvalue weighted by Crippen LogP contribution is -2.55. The molecule has 0 aromatic carbocycles. The SMILES string of the molecule is CCC(C)N1C(=O)C(C)(C)NC(=O)CC1C. The number of hydrogen-bond acceptors (Lipinski definition) is 2. The van der Waals surface area contributed by atoms with E-state index in [0.717, 1.165) is 6.42 Å². The molecule has 92 valence electrons. The highest BCUT2D eigenvalue weighted by atomic mass is 16.2. The standard InChI is InChI=1S/C12H22N2O2/c1-6-8(2)14-9(3)7-10(15)13-12(4,5)11(14)16/h8-9H,6-7H2,1-5H3,(H,13,15). The van der Waals surface area contributed by atoms with Crippen molar-refractivity contribution >= 4 is 11.8 Å². The van der Waals surface area contributed by atoms with Gasteiger partial charge in [0.05, 0.1) is 0 Å². The van der Waals surface area contributed by atoms with Gasteiger partial charge >= 0.3 is 0 Å². The van der Waals surface area contributed by atoms with E-state index >= 15 is 0 Å². The minimum absolute atomic E-state index is 0.0141. The van der Waals surface area contributed by atoms with E-state index in [4.69, 9.17) is 0 Å². The van der Waals surface area contributed by atoms with Crippen LogP contribution in [0.4, 0.5) is 0 Å². The van der Waals surface area contributed by atoms with Crippen LogP contribution in [0.3, 0.4) is 0 Å². The molecule has 2 atom stereocenters. The Balaban J connectivity index is 3.04. The van der Waals surface area contributed by atoms with Crippen LogP contribution < -0.4 is 5.32 Å². The van der Waals surface area contributed by atoms with Crippen molar-refractivity contribution in [1.82, 2.24) is 10.2 Å². The Kier molecular flexibility index (Phi) is 3.61. The van der Waals surface area contributed by atoms with Gasteiger partial charge < -0.3 is 10.2 Å². The number of carbonyl (C=O) groups is 2. The maximum absolute atomic E-state index is 12.3. The van der Waals surface area contributed by atoms with Gasteiger partial charge in [0.2, 0.25) is 11.8 Å². The molecule has 2 unspecified atom stereocenters. The molecule has 16 heavy (non-hydrogen) atoms. The summed E-state index contributed by atoms with van der Waals surface area (Å²) in [6.45, 7) is 9.55. The maximum Gasteiger partial charge on any atom is 0.248 e. The number of nitrogens with zero attached hydrogens (tertiary/aromatic N) is 1. The molecule has 4 heteroatoms. The minimum Gasteiger partial charge on any atom is -0.342 e. The van der Waals surface area contributed by atoms with Gasteiger partial charge in [0.25, 0.3) is 0 Å². The lowest BCUT2D eigenvalue weighted by atomic mass is 10.0. The molecule has 1 fully saturated rings. The first-order chi connectivity index (χ1) is 7.29. The average Bonchev–Trinajstić information content (AvgIpc) is 2.22. The highest BCUT2D eigenvalue weighted by molar-refractivity contribution is 5.93. The molecule has 1 saturated heterocycles. The van der Waals surface area contributed by atoms with E-state index in [1.54, 1.807) is 13.8 Å². The fraction of sp³-hybridized carbons (Fsp3) is 0.833. The summed E-state index contributed by atoms with van der Waals surface area (Å²) < 4.78 is 0. The summed E-state index contributed by atoms with van der Waals surface area (Å²) in [6, 6.07) is 0.152. The molecule has 1 N–H and O–H groups in total. The Morgan fingerprint density at radius 1 is 1.50 bits per heavy atom. The number of amides is 2. The normalized spacial score (nSPS) is 27.3. The van der Waals surface area contributed by atoms with Crippen molar-refractivity contribution < 1.29 is 9.59 Å². The van der Waals surface area contributed by atoms with Crippen LogP contribution in [0.25, 0.3) is 0 Å². The van der Waals surface area contributed by atoms with Crippen molar-refractivity contribution in [2.75, 3.05) is 0 Å². The molecular formula is C12H22N2O2. The van der Waals surface area contributed by atoms with E-state index < -0.39 is 5.54 Å². The van der Waals surface area contributed by atoms with Crippen molar-refractivity contribution in [3.05, 3.63) is 0 Å². The summed E-state index contributed by atoms with van der Waals surface area (Å²) in [5.41, 5.74) is -0.786. The number of nitrogens with one attached hydrogen (secondary N) is 1. The third kappa shape index (κ3) is 2.36. The van der Waals surface area contributed by atoms with Gasteiger partial charge in [-0.05, 0) is 34.1 Å². The van der Waals surface area contributed by atoms with Gasteiger partial charge in [-0.2, -0.15) is 0 Å². The predicted molar refractivity (Wildman–Crippen MR) is 62.9 cm³/mol. The molecule has 0 saturated carbocycles. The van der Waals surface area contributed by atoms with Gasteiger partial charge in [0.15, 0.2) is 0 Å². The average molecular weight is 226 g/mol. The monoisotopic (exact) mass is 226 g/mol. The van der Waals surface area contributed by atoms with Crippen molar-refractivity contribution in [3.63, 3.8) is 0 Å². The Labute approximate surface area is 97.4 Å². The van der Waals surface area contributed by atoms with Crippen molar-refractivity contribution in [1.29, 1.82) is 0 Å². The molecule has 0 aromatic rings. The molecule has 0 aliphatic carbocycles. The molecule has 1 rings (SSSR count). The number of carbonyl (C=O) groups excluding carboxylic acids is 2. The van der Waals surface area contributed by atoms with Crippen LogP contribution in [-0.2, 0) is 9.59 Å². The first-order valence-electron chi connectivity index (χ1n) is 5.93. The van der Waals surface area contributed by atoms with E-state index in [0.29, 0.717) is 6.42 Å². The summed E-state index contributed by atoms with van der Waals surface area (Å²) in [5, 5.41) is 2.78. The molecule has 1 aliphatic heterocycles. The second-order valence-electron chi connectivity index (χ2n) is 5.20. The van der Waals surface area contributed by atoms with Crippen molar-refractivity contribution in [3.8, 4) is 0 Å². The second kappa shape index (κ2) is 4.44. The Morgan fingerprint density at radius 3 is 2.56 bits per heavy atom. The summed E-state index contributed by atoms with van der Waals surface area (Å²) in [7, 11) is 0. The van der Waals surface area contributed by atoms with Crippen LogP contribution in [0.5, 0.6) is 0 Å². The van der Waals surface area contributed by atoms with Gasteiger partial charge in [-0.1, -0.05) is 6.92 Å². The zero-order chi connectivity index (χ0) is 12.5. The maximum atomic E-state index is 12.3. The summed E-state index contributed by atoms with van der Waals surface area (Å²) >= 11 is 0. The number of hydrogen-bond donors (Lipinski definition) is 1. The third-order valence-electron chi connectivity index (χ3n) is 3.24. The molecule has 1 heterocycles. The van der Waals surface area contributed by atoms with Crippen LogP contribution in [0.15, 0.2) is 0 Å². The molecule has 4 nitrogen and oxygen atoms in total. The zero-order valence-electron chi connectivity index (χ0n) is 10.8. The first-order valence-corrected chi connectivity index (χ1v) is 5.93. The van der Waals surface area contributed by atoms with E-state index in [-0.39, 0.29) is 23.9 Å². The number of rotatable bonds is 2. The lowest BCUT2D eigenvalue weighted by molar-refractivity contribution is -0.140. The zero-order valence-corrected chi connectivity index (χ0v) is 10.8. The molecule has 0 spiro atoms. The highest BCUT2D eigenvalue weighted by Crippen LogP contribution is 2.21. The van der Waals surface area contributed by atoms with E-state index in [1.165, 1.54) is 0 Å². The molecule has 0 radical (unpaired) electrons. The first kappa shape index (κ1) is 13.0. The fourth-order valence-corrected chi connectivity index (χ4v) is 2.17. The summed E-state index contributed by atoms with van der Waals surface area (Å²) in [5.74, 6) is -0.0307. The van der Waals surface area contributed by atoms with E-state index in [9.17, 15) is 9.59 Å². The Morgan fingerprint density at radius 2 is 2.06 bits per heavy atom. The van der Waals surface area contributed by atoms with Crippen molar-refractivity contribution in [2.45, 2.75) is 65.1 Å². The van der Waals surface area contributed by atoms with Crippen LogP contribution in [0.2, 0.25) is 0 Å².